The number of nitrogens with one attached hydrogen (secondary N) is 1. The van der Waals surface area contributed by atoms with E-state index in [0.29, 0.717) is 11.5 Å². The molecule has 1 aromatic heterocycles. The van der Waals surface area contributed by atoms with Crippen LogP contribution in [0, 0.1) is 29.6 Å². The first kappa shape index (κ1) is 13.8. The summed E-state index contributed by atoms with van der Waals surface area (Å²) in [5.74, 6) is 2.19. The van der Waals surface area contributed by atoms with Crippen molar-refractivity contribution in [2.75, 3.05) is 11.9 Å². The Morgan fingerprint density at radius 2 is 2.05 bits per heavy atom. The Labute approximate surface area is 115 Å². The topological polar surface area (TPSA) is 61.6 Å². The zero-order valence-electron chi connectivity index (χ0n) is 12.0. The largest absolute Gasteiger partial charge is 0.369 e. The molecule has 0 aromatic carbocycles. The molecule has 4 nitrogen and oxygen atoms in total. The minimum Gasteiger partial charge on any atom is -0.369 e. The van der Waals surface area contributed by atoms with Gasteiger partial charge in [0, 0.05) is 12.6 Å². The van der Waals surface area contributed by atoms with Crippen molar-refractivity contribution in [3.8, 4) is 6.07 Å². The van der Waals surface area contributed by atoms with E-state index in [9.17, 15) is 0 Å². The first-order valence-corrected chi connectivity index (χ1v) is 7.01. The van der Waals surface area contributed by atoms with Crippen molar-refractivity contribution in [1.82, 2.24) is 9.97 Å². The van der Waals surface area contributed by atoms with E-state index in [2.05, 4.69) is 35.2 Å². The lowest BCUT2D eigenvalue weighted by Gasteiger charge is -2.32. The average molecular weight is 258 g/mol. The van der Waals surface area contributed by atoms with Gasteiger partial charge in [-0.3, -0.25) is 0 Å². The van der Waals surface area contributed by atoms with Gasteiger partial charge in [-0.15, -0.1) is 0 Å². The van der Waals surface area contributed by atoms with Crippen LogP contribution in [0.1, 0.15) is 51.0 Å². The third-order valence-electron chi connectivity index (χ3n) is 4.14. The van der Waals surface area contributed by atoms with E-state index in [4.69, 9.17) is 5.26 Å². The molecule has 1 saturated carbocycles. The van der Waals surface area contributed by atoms with E-state index in [0.717, 1.165) is 18.3 Å². The Kier molecular flexibility index (Phi) is 4.04. The lowest BCUT2D eigenvalue weighted by Crippen LogP contribution is -2.30. The molecule has 0 amide bonds. The molecular weight excluding hydrogens is 236 g/mol. The maximum atomic E-state index is 8.92. The Morgan fingerprint density at radius 3 is 2.68 bits per heavy atom. The molecule has 1 aliphatic carbocycles. The number of aryl methyl sites for hydroxylation is 1. The molecule has 1 N–H and O–H groups in total. The second kappa shape index (κ2) is 5.56. The van der Waals surface area contributed by atoms with Gasteiger partial charge in [0.1, 0.15) is 23.4 Å². The third kappa shape index (κ3) is 3.44. The van der Waals surface area contributed by atoms with Gasteiger partial charge in [0.05, 0.1) is 0 Å². The normalized spacial score (nSPS) is 16.3. The van der Waals surface area contributed by atoms with E-state index >= 15 is 0 Å². The van der Waals surface area contributed by atoms with Gasteiger partial charge in [-0.25, -0.2) is 9.97 Å². The van der Waals surface area contributed by atoms with Crippen molar-refractivity contribution in [2.45, 2.75) is 46.5 Å². The minimum atomic E-state index is 0.266. The standard InChI is InChI=1S/C15H22N4/c1-11-18-13(9-16)8-14(19-11)17-10-15(2,3)12-6-4-5-7-12/h8,12H,4-7,10H2,1-3H3,(H,17,18,19). The van der Waals surface area contributed by atoms with Crippen LogP contribution in [0.4, 0.5) is 5.82 Å². The summed E-state index contributed by atoms with van der Waals surface area (Å²) in [4.78, 5) is 8.40. The van der Waals surface area contributed by atoms with Crippen molar-refractivity contribution in [2.24, 2.45) is 11.3 Å². The fourth-order valence-electron chi connectivity index (χ4n) is 2.89. The van der Waals surface area contributed by atoms with Crippen LogP contribution >= 0.6 is 0 Å². The van der Waals surface area contributed by atoms with Gasteiger partial charge >= 0.3 is 0 Å². The second-order valence-electron chi connectivity index (χ2n) is 6.12. The highest BCUT2D eigenvalue weighted by atomic mass is 15.0. The number of hydrogen-bond acceptors (Lipinski definition) is 4. The molecule has 4 heteroatoms. The van der Waals surface area contributed by atoms with Crippen LogP contribution in [0.2, 0.25) is 0 Å². The highest BCUT2D eigenvalue weighted by Gasteiger charge is 2.31. The number of aromatic nitrogens is 2. The number of anilines is 1. The van der Waals surface area contributed by atoms with Gasteiger partial charge in [-0.05, 0) is 31.1 Å². The molecule has 0 aliphatic heterocycles. The molecule has 1 heterocycles. The first-order chi connectivity index (χ1) is 9.01. The van der Waals surface area contributed by atoms with Crippen LogP contribution in [-0.4, -0.2) is 16.5 Å². The average Bonchev–Trinajstić information content (AvgIpc) is 2.90. The molecular formula is C15H22N4. The van der Waals surface area contributed by atoms with Gasteiger partial charge in [0.2, 0.25) is 0 Å². The van der Waals surface area contributed by atoms with E-state index < -0.39 is 0 Å². The first-order valence-electron chi connectivity index (χ1n) is 7.01. The fraction of sp³-hybridized carbons (Fsp3) is 0.667. The van der Waals surface area contributed by atoms with E-state index in [1.165, 1.54) is 25.7 Å². The molecule has 0 bridgehead atoms. The van der Waals surface area contributed by atoms with E-state index in [-0.39, 0.29) is 5.41 Å². The van der Waals surface area contributed by atoms with Crippen molar-refractivity contribution >= 4 is 5.82 Å². The van der Waals surface area contributed by atoms with E-state index in [1.807, 2.05) is 6.92 Å². The summed E-state index contributed by atoms with van der Waals surface area (Å²) >= 11 is 0. The minimum absolute atomic E-state index is 0.266. The molecule has 102 valence electrons. The van der Waals surface area contributed by atoms with Gasteiger partial charge in [-0.2, -0.15) is 5.26 Å². The van der Waals surface area contributed by atoms with Gasteiger partial charge in [0.25, 0.3) is 0 Å². The van der Waals surface area contributed by atoms with Crippen LogP contribution in [0.5, 0.6) is 0 Å². The summed E-state index contributed by atoms with van der Waals surface area (Å²) in [5.41, 5.74) is 0.691. The lowest BCUT2D eigenvalue weighted by atomic mass is 9.78. The molecule has 0 radical (unpaired) electrons. The Bertz CT molecular complexity index is 481. The molecule has 0 saturated heterocycles. The monoisotopic (exact) mass is 258 g/mol. The summed E-state index contributed by atoms with van der Waals surface area (Å²) in [7, 11) is 0. The van der Waals surface area contributed by atoms with Crippen LogP contribution in [0.15, 0.2) is 6.07 Å². The van der Waals surface area contributed by atoms with Gasteiger partial charge < -0.3 is 5.32 Å². The molecule has 1 aromatic rings. The second-order valence-corrected chi connectivity index (χ2v) is 6.12. The number of rotatable bonds is 4. The summed E-state index contributed by atoms with van der Waals surface area (Å²) in [6.45, 7) is 7.33. The predicted octanol–water partition coefficient (Wildman–Crippen LogP) is 3.29. The zero-order chi connectivity index (χ0) is 13.9. The molecule has 19 heavy (non-hydrogen) atoms. The van der Waals surface area contributed by atoms with Crippen LogP contribution < -0.4 is 5.32 Å². The smallest absolute Gasteiger partial charge is 0.146 e. The SMILES string of the molecule is Cc1nc(C#N)cc(NCC(C)(C)C2CCCC2)n1. The van der Waals surface area contributed by atoms with Crippen LogP contribution in [-0.2, 0) is 0 Å². The maximum Gasteiger partial charge on any atom is 0.146 e. The van der Waals surface area contributed by atoms with Gasteiger partial charge in [-0.1, -0.05) is 26.7 Å². The van der Waals surface area contributed by atoms with Crippen molar-refractivity contribution in [3.63, 3.8) is 0 Å². The molecule has 2 rings (SSSR count). The zero-order valence-corrected chi connectivity index (χ0v) is 12.0. The quantitative estimate of drug-likeness (QED) is 0.900. The number of nitriles is 1. The molecule has 1 aliphatic rings. The summed E-state index contributed by atoms with van der Waals surface area (Å²) in [6.07, 6.45) is 5.39. The third-order valence-corrected chi connectivity index (χ3v) is 4.14. The molecule has 0 spiro atoms. The van der Waals surface area contributed by atoms with E-state index in [1.54, 1.807) is 6.07 Å². The van der Waals surface area contributed by atoms with Crippen molar-refractivity contribution in [1.29, 1.82) is 5.26 Å². The Morgan fingerprint density at radius 1 is 1.37 bits per heavy atom. The lowest BCUT2D eigenvalue weighted by molar-refractivity contribution is 0.234. The summed E-state index contributed by atoms with van der Waals surface area (Å²) in [6, 6.07) is 3.79. The molecule has 1 fully saturated rings. The predicted molar refractivity (Wildman–Crippen MR) is 75.7 cm³/mol. The number of hydrogen-bond donors (Lipinski definition) is 1. The molecule has 0 atom stereocenters. The summed E-state index contributed by atoms with van der Waals surface area (Å²) in [5, 5.41) is 12.3. The highest BCUT2D eigenvalue weighted by molar-refractivity contribution is 5.40. The fourth-order valence-corrected chi connectivity index (χ4v) is 2.89. The number of nitrogens with zero attached hydrogens (tertiary/aromatic N) is 3. The van der Waals surface area contributed by atoms with Crippen molar-refractivity contribution < 1.29 is 0 Å². The Balaban J connectivity index is 2.02. The van der Waals surface area contributed by atoms with Crippen LogP contribution in [0.3, 0.4) is 0 Å². The Hall–Kier alpha value is -1.63. The maximum absolute atomic E-state index is 8.92. The van der Waals surface area contributed by atoms with Gasteiger partial charge in [0.15, 0.2) is 0 Å². The van der Waals surface area contributed by atoms with Crippen molar-refractivity contribution in [3.05, 3.63) is 17.6 Å². The van der Waals surface area contributed by atoms with Crippen LogP contribution in [0.25, 0.3) is 0 Å². The summed E-state index contributed by atoms with van der Waals surface area (Å²) < 4.78 is 0. The highest BCUT2D eigenvalue weighted by Crippen LogP contribution is 2.39. The molecule has 0 unspecified atom stereocenters.